The van der Waals surface area contributed by atoms with Crippen LogP contribution >= 0.6 is 0 Å². The van der Waals surface area contributed by atoms with Crippen molar-refractivity contribution in [1.82, 2.24) is 45.1 Å². The third-order valence-electron chi connectivity index (χ3n) is 4.12. The van der Waals surface area contributed by atoms with E-state index in [2.05, 4.69) is 40.6 Å². The number of imidazole rings is 1. The number of nitrogen functional groups attached to an aromatic ring is 1. The van der Waals surface area contributed by atoms with E-state index in [-0.39, 0.29) is 6.61 Å². The number of anilines is 1. The Morgan fingerprint density at radius 3 is 2.93 bits per heavy atom. The molecule has 5 heterocycles. The summed E-state index contributed by atoms with van der Waals surface area (Å²) >= 11 is 0. The topological polar surface area (TPSA) is 187 Å². The molecular weight excluding hydrogens is 356 g/mol. The number of hydrogen-bond donors (Lipinski definition) is 4. The van der Waals surface area contributed by atoms with Crippen LogP contribution in [0.15, 0.2) is 25.0 Å². The van der Waals surface area contributed by atoms with Crippen LogP contribution in [-0.2, 0) is 4.74 Å². The zero-order valence-electron chi connectivity index (χ0n) is 13.9. The first kappa shape index (κ1) is 17.1. The minimum Gasteiger partial charge on any atom is -0.394 e. The smallest absolute Gasteiger partial charge is 0.167 e. The number of aromatic amines is 1. The molecule has 3 aliphatic rings. The van der Waals surface area contributed by atoms with Crippen LogP contribution in [0.4, 0.5) is 5.82 Å². The maximum atomic E-state index is 9.71. The van der Waals surface area contributed by atoms with E-state index in [0.29, 0.717) is 23.4 Å². The molecule has 27 heavy (non-hydrogen) atoms. The lowest BCUT2D eigenvalue weighted by atomic mass is 10.2. The van der Waals surface area contributed by atoms with Crippen molar-refractivity contribution in [1.29, 1.82) is 0 Å². The second-order valence-electron chi connectivity index (χ2n) is 5.80. The third kappa shape index (κ3) is 3.25. The Morgan fingerprint density at radius 1 is 1.26 bits per heavy atom. The molecule has 13 heteroatoms. The molecule has 13 nitrogen and oxygen atoms in total. The SMILES string of the molecule is Nc1ncnc2c1ncn2[C@H]1C[C@H](O)[C@@H](CO)O1.c1nn[nH]c2cnnc1-2. The van der Waals surface area contributed by atoms with Gasteiger partial charge in [-0.05, 0) is 0 Å². The first-order valence-electron chi connectivity index (χ1n) is 8.02. The van der Waals surface area contributed by atoms with E-state index in [0.717, 1.165) is 11.4 Å². The Bertz CT molecular complexity index is 976. The minimum atomic E-state index is -0.698. The molecule has 3 aliphatic heterocycles. The van der Waals surface area contributed by atoms with E-state index in [1.807, 2.05) is 0 Å². The number of nitrogens with zero attached hydrogens (tertiary/aromatic N) is 8. The lowest BCUT2D eigenvalue weighted by Gasteiger charge is -2.13. The zero-order chi connectivity index (χ0) is 18.8. The van der Waals surface area contributed by atoms with Crippen LogP contribution in [0.3, 0.4) is 0 Å². The molecule has 5 N–H and O–H groups in total. The van der Waals surface area contributed by atoms with Gasteiger partial charge in [-0.25, -0.2) is 15.0 Å². The molecule has 0 bridgehead atoms. The van der Waals surface area contributed by atoms with Crippen LogP contribution in [0.25, 0.3) is 22.6 Å². The highest BCUT2D eigenvalue weighted by molar-refractivity contribution is 5.81. The maximum absolute atomic E-state index is 9.71. The standard InChI is InChI=1S/C10H13N5O3.C4H3N5/c11-9-8-10(13-3-12-9)15(4-14-8)7-1-5(17)6(2-16)18-7;1-4-3(7-5-1)2-6-9-8-4/h3-7,16-17H,1-2H2,(H2,11,12,13);1-2H,(H,6,8)/t5-,6+,7+;/m0./s1. The van der Waals surface area contributed by atoms with E-state index in [9.17, 15) is 5.11 Å². The quantitative estimate of drug-likeness (QED) is 0.329. The van der Waals surface area contributed by atoms with Gasteiger partial charge in [0.05, 0.1) is 31.4 Å². The molecule has 0 aliphatic carbocycles. The summed E-state index contributed by atoms with van der Waals surface area (Å²) in [5.41, 5.74) is 8.30. The average molecular weight is 372 g/mol. The van der Waals surface area contributed by atoms with Gasteiger partial charge in [0.25, 0.3) is 0 Å². The van der Waals surface area contributed by atoms with E-state index in [4.69, 9.17) is 15.6 Å². The summed E-state index contributed by atoms with van der Waals surface area (Å²) in [4.78, 5) is 12.1. The molecule has 140 valence electrons. The Labute approximate surface area is 151 Å². The largest absolute Gasteiger partial charge is 0.394 e. The fourth-order valence-electron chi connectivity index (χ4n) is 2.75. The van der Waals surface area contributed by atoms with Gasteiger partial charge in [-0.15, -0.1) is 10.2 Å². The summed E-state index contributed by atoms with van der Waals surface area (Å²) in [5.74, 6) is 0.302. The third-order valence-corrected chi connectivity index (χ3v) is 4.12. The van der Waals surface area contributed by atoms with Crippen molar-refractivity contribution in [2.75, 3.05) is 12.3 Å². The van der Waals surface area contributed by atoms with E-state index >= 15 is 0 Å². The van der Waals surface area contributed by atoms with Gasteiger partial charge in [0.1, 0.15) is 35.6 Å². The van der Waals surface area contributed by atoms with Gasteiger partial charge in [0.15, 0.2) is 11.5 Å². The number of hydrogen-bond acceptors (Lipinski definition) is 11. The number of rotatable bonds is 2. The number of ether oxygens (including phenoxy) is 1. The van der Waals surface area contributed by atoms with Crippen LogP contribution in [0.5, 0.6) is 0 Å². The lowest BCUT2D eigenvalue weighted by Crippen LogP contribution is -2.24. The molecular formula is C14H16N10O3. The summed E-state index contributed by atoms with van der Waals surface area (Å²) in [6.07, 6.45) is 4.75. The summed E-state index contributed by atoms with van der Waals surface area (Å²) < 4.78 is 7.22. The maximum Gasteiger partial charge on any atom is 0.167 e. The van der Waals surface area contributed by atoms with Gasteiger partial charge in [-0.3, -0.25) is 9.67 Å². The molecule has 3 atom stereocenters. The van der Waals surface area contributed by atoms with Crippen LogP contribution in [-0.4, -0.2) is 74.2 Å². The molecule has 0 spiro atoms. The van der Waals surface area contributed by atoms with Crippen LogP contribution < -0.4 is 5.73 Å². The predicted octanol–water partition coefficient (Wildman–Crippen LogP) is -1.25. The van der Waals surface area contributed by atoms with Gasteiger partial charge in [0.2, 0.25) is 0 Å². The highest BCUT2D eigenvalue weighted by Crippen LogP contribution is 2.30. The average Bonchev–Trinajstić information content (AvgIpc) is 3.40. The molecule has 1 fully saturated rings. The molecule has 2 aromatic rings. The second-order valence-corrected chi connectivity index (χ2v) is 5.80. The van der Waals surface area contributed by atoms with Crippen LogP contribution in [0, 0.1) is 0 Å². The van der Waals surface area contributed by atoms with E-state index in [1.165, 1.54) is 6.33 Å². The van der Waals surface area contributed by atoms with Crippen LogP contribution in [0.1, 0.15) is 12.6 Å². The van der Waals surface area contributed by atoms with Gasteiger partial charge < -0.3 is 20.7 Å². The Hall–Kier alpha value is -3.29. The second kappa shape index (κ2) is 7.14. The Kier molecular flexibility index (Phi) is 4.53. The van der Waals surface area contributed by atoms with Crippen molar-refractivity contribution >= 4 is 17.0 Å². The van der Waals surface area contributed by atoms with Gasteiger partial charge in [-0.1, -0.05) is 5.21 Å². The molecule has 5 rings (SSSR count). The van der Waals surface area contributed by atoms with E-state index < -0.39 is 18.4 Å². The number of aromatic nitrogens is 9. The number of fused-ring (bicyclic) bond motifs is 2. The fourth-order valence-corrected chi connectivity index (χ4v) is 2.75. The van der Waals surface area contributed by atoms with Gasteiger partial charge in [-0.2, -0.15) is 5.10 Å². The number of aliphatic hydroxyl groups is 2. The van der Waals surface area contributed by atoms with Gasteiger partial charge >= 0.3 is 0 Å². The molecule has 0 unspecified atom stereocenters. The Morgan fingerprint density at radius 2 is 2.15 bits per heavy atom. The predicted molar refractivity (Wildman–Crippen MR) is 89.9 cm³/mol. The zero-order valence-corrected chi connectivity index (χ0v) is 13.9. The van der Waals surface area contributed by atoms with Crippen molar-refractivity contribution in [2.24, 2.45) is 0 Å². The van der Waals surface area contributed by atoms with Gasteiger partial charge in [0, 0.05) is 6.42 Å². The fraction of sp³-hybridized carbons (Fsp3) is 0.357. The summed E-state index contributed by atoms with van der Waals surface area (Å²) in [7, 11) is 0. The van der Waals surface area contributed by atoms with E-state index in [1.54, 1.807) is 23.3 Å². The first-order valence-corrected chi connectivity index (χ1v) is 8.02. The summed E-state index contributed by atoms with van der Waals surface area (Å²) in [5, 5.41) is 35.9. The molecule has 0 aromatic carbocycles. The van der Waals surface area contributed by atoms with Crippen molar-refractivity contribution in [3.63, 3.8) is 0 Å². The monoisotopic (exact) mass is 372 g/mol. The molecule has 0 saturated carbocycles. The number of H-pyrrole nitrogens is 1. The number of nitrogens with one attached hydrogen (secondary N) is 1. The molecule has 2 aromatic heterocycles. The highest BCUT2D eigenvalue weighted by Gasteiger charge is 2.35. The lowest BCUT2D eigenvalue weighted by molar-refractivity contribution is -0.0432. The van der Waals surface area contributed by atoms with Crippen molar-refractivity contribution in [3.05, 3.63) is 25.0 Å². The van der Waals surface area contributed by atoms with Crippen molar-refractivity contribution < 1.29 is 14.9 Å². The molecule has 0 radical (unpaired) electrons. The summed E-state index contributed by atoms with van der Waals surface area (Å²) in [6, 6.07) is 0. The Balaban J connectivity index is 0.000000167. The van der Waals surface area contributed by atoms with Crippen LogP contribution in [0.2, 0.25) is 0 Å². The first-order chi connectivity index (χ1) is 13.2. The molecule has 0 amide bonds. The van der Waals surface area contributed by atoms with Crippen molar-refractivity contribution in [3.8, 4) is 11.4 Å². The normalized spacial score (nSPS) is 22.1. The minimum absolute atomic E-state index is 0.221. The number of aliphatic hydroxyl groups excluding tert-OH is 2. The van der Waals surface area contributed by atoms with Crippen molar-refractivity contribution in [2.45, 2.75) is 24.9 Å². The number of nitrogens with two attached hydrogens (primary N) is 1. The highest BCUT2D eigenvalue weighted by atomic mass is 16.5. The summed E-state index contributed by atoms with van der Waals surface area (Å²) in [6.45, 7) is -0.221. The molecule has 1 saturated heterocycles.